The Bertz CT molecular complexity index is 680. The Morgan fingerprint density at radius 2 is 2.19 bits per heavy atom. The number of nitrogen functional groups attached to an aromatic ring is 1. The van der Waals surface area contributed by atoms with Crippen LogP contribution in [0.5, 0.6) is 0 Å². The third-order valence-electron chi connectivity index (χ3n) is 4.97. The van der Waals surface area contributed by atoms with E-state index in [-0.39, 0.29) is 30.1 Å². The van der Waals surface area contributed by atoms with Gasteiger partial charge in [0.05, 0.1) is 18.4 Å². The van der Waals surface area contributed by atoms with Gasteiger partial charge in [-0.05, 0) is 24.5 Å². The van der Waals surface area contributed by atoms with Gasteiger partial charge in [0.15, 0.2) is 5.82 Å². The van der Waals surface area contributed by atoms with Crippen molar-refractivity contribution in [3.8, 4) is 0 Å². The topological polar surface area (TPSA) is 85.7 Å². The Labute approximate surface area is 123 Å². The van der Waals surface area contributed by atoms with Crippen molar-refractivity contribution >= 4 is 11.3 Å². The van der Waals surface area contributed by atoms with E-state index < -0.39 is 0 Å². The quantitative estimate of drug-likeness (QED) is 0.879. The molecule has 0 aliphatic carbocycles. The van der Waals surface area contributed by atoms with Gasteiger partial charge in [-0.2, -0.15) is 5.10 Å². The summed E-state index contributed by atoms with van der Waals surface area (Å²) in [6.07, 6.45) is 1.16. The van der Waals surface area contributed by atoms with E-state index in [4.69, 9.17) is 10.5 Å². The lowest BCUT2D eigenvalue weighted by Gasteiger charge is -2.28. The first kappa shape index (κ1) is 14.3. The van der Waals surface area contributed by atoms with Crippen LogP contribution >= 0.6 is 0 Å². The minimum Gasteiger partial charge on any atom is -0.394 e. The summed E-state index contributed by atoms with van der Waals surface area (Å²) >= 11 is 0. The number of aromatic nitrogens is 3. The van der Waals surface area contributed by atoms with Crippen LogP contribution < -0.4 is 5.73 Å². The molecule has 2 aromatic heterocycles. The molecule has 3 atom stereocenters. The van der Waals surface area contributed by atoms with E-state index in [9.17, 15) is 5.11 Å². The molecule has 1 fully saturated rings. The summed E-state index contributed by atoms with van der Waals surface area (Å²) in [6, 6.07) is 2.05. The predicted molar refractivity (Wildman–Crippen MR) is 79.8 cm³/mol. The minimum atomic E-state index is -0.157. The van der Waals surface area contributed by atoms with Crippen molar-refractivity contribution in [2.75, 3.05) is 12.3 Å². The highest BCUT2D eigenvalue weighted by atomic mass is 16.5. The molecule has 1 aliphatic rings. The number of hydrogen-bond donors (Lipinski definition) is 2. The Balaban J connectivity index is 2.15. The molecular weight excluding hydrogens is 268 g/mol. The maximum atomic E-state index is 9.52. The molecule has 6 heteroatoms. The second kappa shape index (κ2) is 4.68. The zero-order valence-corrected chi connectivity index (χ0v) is 12.9. The van der Waals surface area contributed by atoms with E-state index >= 15 is 0 Å². The first-order valence-corrected chi connectivity index (χ1v) is 7.23. The molecule has 0 unspecified atom stereocenters. The van der Waals surface area contributed by atoms with Crippen LogP contribution in [0.25, 0.3) is 5.52 Å². The highest BCUT2D eigenvalue weighted by Crippen LogP contribution is 2.51. The van der Waals surface area contributed by atoms with E-state index in [2.05, 4.69) is 36.9 Å². The first-order chi connectivity index (χ1) is 9.87. The van der Waals surface area contributed by atoms with Crippen LogP contribution in [0.15, 0.2) is 12.4 Å². The van der Waals surface area contributed by atoms with E-state index in [1.54, 1.807) is 0 Å². The summed E-state index contributed by atoms with van der Waals surface area (Å²) in [6.45, 7) is 8.47. The summed E-state index contributed by atoms with van der Waals surface area (Å²) in [5.41, 5.74) is 8.68. The average Bonchev–Trinajstić information content (AvgIpc) is 2.87. The van der Waals surface area contributed by atoms with Crippen LogP contribution in [0.4, 0.5) is 5.82 Å². The van der Waals surface area contributed by atoms with Gasteiger partial charge < -0.3 is 15.6 Å². The Hall–Kier alpha value is -1.66. The molecule has 3 heterocycles. The molecule has 0 aromatic carbocycles. The zero-order valence-electron chi connectivity index (χ0n) is 12.9. The number of nitrogens with zero attached hydrogens (tertiary/aromatic N) is 3. The van der Waals surface area contributed by atoms with Crippen molar-refractivity contribution in [3.63, 3.8) is 0 Å². The highest BCUT2D eigenvalue weighted by molar-refractivity contribution is 5.70. The molecule has 0 saturated carbocycles. The zero-order chi connectivity index (χ0) is 15.4. The Morgan fingerprint density at radius 3 is 2.81 bits per heavy atom. The number of aliphatic hydroxyl groups excluding tert-OH is 1. The van der Waals surface area contributed by atoms with Crippen molar-refractivity contribution in [2.24, 2.45) is 11.3 Å². The number of anilines is 1. The Kier molecular flexibility index (Phi) is 3.18. The van der Waals surface area contributed by atoms with Crippen LogP contribution in [0.1, 0.15) is 38.1 Å². The largest absolute Gasteiger partial charge is 0.394 e. The number of aliphatic hydroxyl groups is 1. The predicted octanol–water partition coefficient (Wildman–Crippen LogP) is 1.71. The normalized spacial score (nSPS) is 28.3. The number of nitrogens with two attached hydrogens (primary N) is 1. The van der Waals surface area contributed by atoms with Crippen molar-refractivity contribution in [1.29, 1.82) is 0 Å². The second-order valence-corrected chi connectivity index (χ2v) is 6.51. The molecule has 2 aromatic rings. The number of aryl methyl sites for hydroxylation is 1. The van der Waals surface area contributed by atoms with Gasteiger partial charge in [-0.15, -0.1) is 0 Å². The number of ether oxygens (including phenoxy) is 1. The maximum Gasteiger partial charge on any atom is 0.151 e. The molecule has 0 bridgehead atoms. The van der Waals surface area contributed by atoms with Crippen molar-refractivity contribution in [3.05, 3.63) is 23.7 Å². The second-order valence-electron chi connectivity index (χ2n) is 6.51. The van der Waals surface area contributed by atoms with E-state index in [1.807, 2.05) is 11.4 Å². The fraction of sp³-hybridized carbons (Fsp3) is 0.600. The molecule has 3 N–H and O–H groups in total. The van der Waals surface area contributed by atoms with Gasteiger partial charge in [0, 0.05) is 5.41 Å². The maximum absolute atomic E-state index is 9.52. The minimum absolute atomic E-state index is 0.0283. The van der Waals surface area contributed by atoms with Gasteiger partial charge in [0.25, 0.3) is 0 Å². The summed E-state index contributed by atoms with van der Waals surface area (Å²) in [4.78, 5) is 4.06. The van der Waals surface area contributed by atoms with Gasteiger partial charge in [0.1, 0.15) is 17.9 Å². The van der Waals surface area contributed by atoms with Crippen LogP contribution in [-0.4, -0.2) is 32.4 Å². The van der Waals surface area contributed by atoms with Gasteiger partial charge in [-0.1, -0.05) is 20.8 Å². The van der Waals surface area contributed by atoms with Crippen molar-refractivity contribution < 1.29 is 9.84 Å². The van der Waals surface area contributed by atoms with Gasteiger partial charge >= 0.3 is 0 Å². The third-order valence-corrected chi connectivity index (χ3v) is 4.97. The van der Waals surface area contributed by atoms with Crippen LogP contribution in [-0.2, 0) is 4.74 Å². The molecular formula is C15H22N4O2. The fourth-order valence-corrected chi connectivity index (χ4v) is 3.31. The van der Waals surface area contributed by atoms with Crippen LogP contribution in [0.3, 0.4) is 0 Å². The monoisotopic (exact) mass is 290 g/mol. The molecule has 0 amide bonds. The SMILES string of the molecule is Cc1cc([C@@H]2O[C@H](CO)[C@@H](C)C2(C)C)n2ncnc(N)c12. The summed E-state index contributed by atoms with van der Waals surface area (Å²) in [7, 11) is 0. The highest BCUT2D eigenvalue weighted by Gasteiger charge is 2.49. The fourth-order valence-electron chi connectivity index (χ4n) is 3.31. The van der Waals surface area contributed by atoms with E-state index in [1.165, 1.54) is 6.33 Å². The number of hydrogen-bond acceptors (Lipinski definition) is 5. The lowest BCUT2D eigenvalue weighted by Crippen LogP contribution is -2.27. The molecule has 6 nitrogen and oxygen atoms in total. The molecule has 1 saturated heterocycles. The molecule has 114 valence electrons. The van der Waals surface area contributed by atoms with Crippen molar-refractivity contribution in [2.45, 2.75) is 39.9 Å². The lowest BCUT2D eigenvalue weighted by molar-refractivity contribution is -0.0116. The molecule has 1 aliphatic heterocycles. The van der Waals surface area contributed by atoms with E-state index in [0.717, 1.165) is 16.8 Å². The molecule has 0 radical (unpaired) electrons. The van der Waals surface area contributed by atoms with Crippen molar-refractivity contribution in [1.82, 2.24) is 14.6 Å². The van der Waals surface area contributed by atoms with Gasteiger partial charge in [-0.3, -0.25) is 0 Å². The number of rotatable bonds is 2. The third kappa shape index (κ3) is 1.93. The van der Waals surface area contributed by atoms with Crippen LogP contribution in [0, 0.1) is 18.3 Å². The molecule has 21 heavy (non-hydrogen) atoms. The van der Waals surface area contributed by atoms with Gasteiger partial charge in [0.2, 0.25) is 0 Å². The average molecular weight is 290 g/mol. The summed E-state index contributed by atoms with van der Waals surface area (Å²) < 4.78 is 7.93. The number of fused-ring (bicyclic) bond motifs is 1. The molecule has 3 rings (SSSR count). The van der Waals surface area contributed by atoms with E-state index in [0.29, 0.717) is 5.82 Å². The standard InChI is InChI=1S/C15H22N4O2/c1-8-5-10(19-12(8)14(16)17-7-18-19)13-15(3,4)9(2)11(6-20)21-13/h5,7,9,11,13,20H,6H2,1-4H3,(H2,16,17,18)/t9-,11-,13+/m1/s1. The van der Waals surface area contributed by atoms with Crippen LogP contribution in [0.2, 0.25) is 0 Å². The van der Waals surface area contributed by atoms with Gasteiger partial charge in [-0.25, -0.2) is 9.50 Å². The summed E-state index contributed by atoms with van der Waals surface area (Å²) in [5, 5.41) is 13.9. The summed E-state index contributed by atoms with van der Waals surface area (Å²) in [5.74, 6) is 0.717. The first-order valence-electron chi connectivity index (χ1n) is 7.23. The molecule has 0 spiro atoms. The lowest BCUT2D eigenvalue weighted by atomic mass is 9.75. The Morgan fingerprint density at radius 1 is 1.48 bits per heavy atom. The smallest absolute Gasteiger partial charge is 0.151 e.